The van der Waals surface area contributed by atoms with Crippen LogP contribution in [0.2, 0.25) is 0 Å². The molecule has 3 saturated heterocycles. The molecule has 0 bridgehead atoms. The van der Waals surface area contributed by atoms with Gasteiger partial charge < -0.3 is 65.2 Å². The third kappa shape index (κ3) is 17.1. The largest absolute Gasteiger partial charge is 0.391 e. The molecule has 6 unspecified atom stereocenters. The quantitative estimate of drug-likeness (QED) is 0.235. The van der Waals surface area contributed by atoms with Crippen molar-refractivity contribution in [3.63, 3.8) is 0 Å². The minimum atomic E-state index is -1.53. The fourth-order valence-corrected chi connectivity index (χ4v) is 10.9. The van der Waals surface area contributed by atoms with Crippen molar-refractivity contribution in [1.29, 1.82) is 0 Å². The molecule has 0 aromatic heterocycles. The van der Waals surface area contributed by atoms with E-state index in [2.05, 4.69) is 16.0 Å². The van der Waals surface area contributed by atoms with Crippen molar-refractivity contribution >= 4 is 70.9 Å². The van der Waals surface area contributed by atoms with Gasteiger partial charge in [0.15, 0.2) is 0 Å². The Kier molecular flexibility index (Phi) is 24.3. The second kappa shape index (κ2) is 29.4. The summed E-state index contributed by atoms with van der Waals surface area (Å²) in [6, 6.07) is -6.13. The van der Waals surface area contributed by atoms with Crippen molar-refractivity contribution in [1.82, 2.24) is 60.0 Å². The molecule has 4 N–H and O–H groups in total. The lowest BCUT2D eigenvalue weighted by molar-refractivity contribution is -0.155. The van der Waals surface area contributed by atoms with Crippen LogP contribution in [0.1, 0.15) is 119 Å². The molecule has 1 aliphatic carbocycles. The number of nitrogens with zero attached hydrogens (tertiary/aromatic N) is 9. The maximum absolute atomic E-state index is 15.2. The number of rotatable bonds is 7. The molecule has 4 aliphatic rings. The second-order valence-electron chi connectivity index (χ2n) is 23.6. The smallest absolute Gasteiger partial charge is 0.248 e. The van der Waals surface area contributed by atoms with Crippen LogP contribution in [0.4, 0.5) is 0 Å². The van der Waals surface area contributed by atoms with Gasteiger partial charge in [-0.2, -0.15) is 0 Å². The number of aliphatic hydroxyl groups is 1. The van der Waals surface area contributed by atoms with E-state index in [-0.39, 0.29) is 50.5 Å². The summed E-state index contributed by atoms with van der Waals surface area (Å²) in [7, 11) is 9.71. The molecular formula is C55H92N12O13. The van der Waals surface area contributed by atoms with Crippen LogP contribution < -0.4 is 16.0 Å². The highest BCUT2D eigenvalue weighted by molar-refractivity contribution is 6.00. The van der Waals surface area contributed by atoms with E-state index < -0.39 is 158 Å². The summed E-state index contributed by atoms with van der Waals surface area (Å²) in [6.07, 6.45) is 2.64. The molecular weight excluding hydrogens is 1040 g/mol. The minimum absolute atomic E-state index is 0.129. The highest BCUT2D eigenvalue weighted by Crippen LogP contribution is 2.34. The first-order chi connectivity index (χ1) is 37.4. The van der Waals surface area contributed by atoms with Crippen LogP contribution in [0.15, 0.2) is 0 Å². The van der Waals surface area contributed by atoms with E-state index in [1.54, 1.807) is 11.8 Å². The Bertz CT molecular complexity index is 2290. The first-order valence-corrected chi connectivity index (χ1v) is 28.4. The van der Waals surface area contributed by atoms with Crippen LogP contribution >= 0.6 is 0 Å². The number of piperidine rings is 1. The zero-order valence-corrected chi connectivity index (χ0v) is 49.7. The number of nitrogens with one attached hydrogen (secondary N) is 3. The van der Waals surface area contributed by atoms with Gasteiger partial charge in [-0.25, -0.2) is 0 Å². The standard InChI is InChI=1S/C55H92N12O13/c1-14-36(6)48-53(79)62(10)33-47(74)61(9)32-46(73)60(8)31-45(72)59(7)30-42(69)56-28-44(71)67-29-37(68)26-39(67)50(76)58-55(20-16-17-21-55)54(80)65(13)40(25-35(4)5)51(77)64(12)41(52(78)66-22-18-15-19-23-66)27-43(70)63(11)38(24-34(2)3)49(75)57-48/h34-41,48,68H,14-33H2,1-13H3,(H,56,69)(H,57,75)(H,58,76)/t36-,37?,38?,39?,40?,41?,48?/m0/s1. The number of carbonyl (C=O) groups is 12. The number of likely N-dealkylation sites (tertiary alicyclic amines) is 1. The van der Waals surface area contributed by atoms with Gasteiger partial charge in [-0.15, -0.1) is 0 Å². The summed E-state index contributed by atoms with van der Waals surface area (Å²) in [5.41, 5.74) is -1.53. The molecule has 7 atom stereocenters. The number of carbonyl (C=O) groups excluding carboxylic acids is 12. The average molecular weight is 1130 g/mol. The van der Waals surface area contributed by atoms with E-state index in [0.29, 0.717) is 45.2 Å². The monoisotopic (exact) mass is 1130 g/mol. The molecule has 25 heteroatoms. The van der Waals surface area contributed by atoms with E-state index in [1.165, 1.54) is 64.0 Å². The summed E-state index contributed by atoms with van der Waals surface area (Å²) >= 11 is 0. The molecule has 25 nitrogen and oxygen atoms in total. The van der Waals surface area contributed by atoms with E-state index in [1.807, 2.05) is 34.6 Å². The molecule has 1 saturated carbocycles. The maximum Gasteiger partial charge on any atom is 0.248 e. The fourth-order valence-electron chi connectivity index (χ4n) is 10.9. The van der Waals surface area contributed by atoms with Crippen molar-refractivity contribution in [3.8, 4) is 0 Å². The SMILES string of the molecule is CC[C@H](C)C1NC(=O)C(CC(C)C)N(C)C(=O)CC(C(=O)N2CCCCC2)N(C)C(=O)C(CC(C)C)N(C)C(=O)C2(CCCC2)NC(=O)C2CC(O)CN2C(=O)CNC(=O)CN(C)C(=O)CN(C)C(=O)CN(C)C(=O)CN(C)C1=O. The van der Waals surface area contributed by atoms with Crippen molar-refractivity contribution in [2.75, 3.05) is 102 Å². The first kappa shape index (κ1) is 66.1. The Hall–Kier alpha value is -6.40. The van der Waals surface area contributed by atoms with Gasteiger partial charge >= 0.3 is 0 Å². The van der Waals surface area contributed by atoms with Crippen LogP contribution in [0.25, 0.3) is 0 Å². The van der Waals surface area contributed by atoms with Gasteiger partial charge in [0, 0.05) is 75.4 Å². The number of aliphatic hydroxyl groups excluding tert-OH is 1. The summed E-state index contributed by atoms with van der Waals surface area (Å²) < 4.78 is 0. The molecule has 1 spiro atoms. The number of fused-ring (bicyclic) bond motifs is 1. The second-order valence-corrected chi connectivity index (χ2v) is 23.6. The summed E-state index contributed by atoms with van der Waals surface area (Å²) in [6.45, 7) is 9.00. The lowest BCUT2D eigenvalue weighted by Gasteiger charge is -2.41. The molecule has 3 aliphatic heterocycles. The Morgan fingerprint density at radius 2 is 1.14 bits per heavy atom. The van der Waals surface area contributed by atoms with Crippen LogP contribution in [0, 0.1) is 17.8 Å². The number of likely N-dealkylation sites (N-methyl/N-ethyl adjacent to an activating group) is 7. The lowest BCUT2D eigenvalue weighted by Crippen LogP contribution is -2.64. The summed E-state index contributed by atoms with van der Waals surface area (Å²) in [5, 5.41) is 19.0. The molecule has 4 rings (SSSR count). The van der Waals surface area contributed by atoms with Crippen molar-refractivity contribution in [3.05, 3.63) is 0 Å². The van der Waals surface area contributed by atoms with Gasteiger partial charge in [0.2, 0.25) is 70.9 Å². The third-order valence-electron chi connectivity index (χ3n) is 16.3. The highest BCUT2D eigenvalue weighted by Gasteiger charge is 2.50. The number of hydrogen-bond acceptors (Lipinski definition) is 13. The molecule has 80 heavy (non-hydrogen) atoms. The van der Waals surface area contributed by atoms with Crippen LogP contribution in [0.5, 0.6) is 0 Å². The first-order valence-electron chi connectivity index (χ1n) is 28.4. The highest BCUT2D eigenvalue weighted by atomic mass is 16.3. The Morgan fingerprint density at radius 3 is 1.68 bits per heavy atom. The van der Waals surface area contributed by atoms with Gasteiger partial charge in [-0.05, 0) is 62.7 Å². The molecule has 12 amide bonds. The van der Waals surface area contributed by atoms with Crippen LogP contribution in [0.3, 0.4) is 0 Å². The predicted octanol–water partition coefficient (Wildman–Crippen LogP) is -1.15. The zero-order valence-electron chi connectivity index (χ0n) is 49.7. The minimum Gasteiger partial charge on any atom is -0.391 e. The van der Waals surface area contributed by atoms with Crippen molar-refractivity contribution in [2.45, 2.75) is 160 Å². The summed E-state index contributed by atoms with van der Waals surface area (Å²) in [5.74, 6) is -8.50. The Morgan fingerprint density at radius 1 is 0.613 bits per heavy atom. The Balaban J connectivity index is 1.78. The van der Waals surface area contributed by atoms with E-state index >= 15 is 9.59 Å². The van der Waals surface area contributed by atoms with E-state index in [0.717, 1.165) is 30.9 Å². The third-order valence-corrected chi connectivity index (χ3v) is 16.3. The van der Waals surface area contributed by atoms with Crippen molar-refractivity contribution < 1.29 is 62.6 Å². The molecule has 0 aromatic rings. The van der Waals surface area contributed by atoms with Gasteiger partial charge in [-0.3, -0.25) is 57.5 Å². The molecule has 0 radical (unpaired) electrons. The lowest BCUT2D eigenvalue weighted by atomic mass is 9.92. The average Bonchev–Trinajstić information content (AvgIpc) is 4.09. The Labute approximate surface area is 472 Å². The van der Waals surface area contributed by atoms with E-state index in [4.69, 9.17) is 0 Å². The molecule has 450 valence electrons. The predicted molar refractivity (Wildman–Crippen MR) is 294 cm³/mol. The number of amides is 12. The normalized spacial score (nSPS) is 26.9. The molecule has 0 aromatic carbocycles. The van der Waals surface area contributed by atoms with Gasteiger partial charge in [0.05, 0.1) is 45.2 Å². The van der Waals surface area contributed by atoms with Crippen LogP contribution in [-0.2, 0) is 57.5 Å². The van der Waals surface area contributed by atoms with Gasteiger partial charge in [0.25, 0.3) is 0 Å². The zero-order chi connectivity index (χ0) is 60.1. The van der Waals surface area contributed by atoms with Crippen molar-refractivity contribution in [2.24, 2.45) is 17.8 Å². The van der Waals surface area contributed by atoms with Crippen LogP contribution in [-0.4, -0.2) is 264 Å². The molecule has 4 fully saturated rings. The topological polar surface area (TPSA) is 290 Å². The maximum atomic E-state index is 15.2. The summed E-state index contributed by atoms with van der Waals surface area (Å²) in [4.78, 5) is 181. The van der Waals surface area contributed by atoms with Gasteiger partial charge in [0.1, 0.15) is 35.7 Å². The van der Waals surface area contributed by atoms with Gasteiger partial charge in [-0.1, -0.05) is 60.8 Å². The molecule has 3 heterocycles. The fraction of sp³-hybridized carbons (Fsp3) is 0.782. The van der Waals surface area contributed by atoms with E-state index in [9.17, 15) is 53.1 Å². The number of hydrogen-bond donors (Lipinski definition) is 4.